The van der Waals surface area contributed by atoms with Gasteiger partial charge in [0, 0.05) is 5.02 Å². The van der Waals surface area contributed by atoms with Gasteiger partial charge in [-0.3, -0.25) is 0 Å². The van der Waals surface area contributed by atoms with Gasteiger partial charge in [0.25, 0.3) is 0 Å². The lowest BCUT2D eigenvalue weighted by atomic mass is 10.1. The highest BCUT2D eigenvalue weighted by molar-refractivity contribution is 7.22. The van der Waals surface area contributed by atoms with E-state index in [4.69, 9.17) is 11.6 Å². The predicted molar refractivity (Wildman–Crippen MR) is 83.1 cm³/mol. The molecule has 3 rings (SSSR count). The summed E-state index contributed by atoms with van der Waals surface area (Å²) in [5, 5.41) is 4.81. The fraction of sp³-hybridized carbons (Fsp3) is 0.133. The number of anilines is 1. The van der Waals surface area contributed by atoms with Crippen LogP contribution in [0.2, 0.25) is 5.02 Å². The lowest BCUT2D eigenvalue weighted by Gasteiger charge is -2.13. The summed E-state index contributed by atoms with van der Waals surface area (Å²) in [5.74, 6) is -0.240. The number of nitrogens with one attached hydrogen (secondary N) is 1. The topological polar surface area (TPSA) is 24.9 Å². The number of halogens is 2. The SMILES string of the molecule is CC(Nc1nc2ccc(F)cc2s1)c1cccc(Cl)c1. The van der Waals surface area contributed by atoms with Crippen molar-refractivity contribution in [2.24, 2.45) is 0 Å². The van der Waals surface area contributed by atoms with Crippen molar-refractivity contribution in [2.75, 3.05) is 5.32 Å². The van der Waals surface area contributed by atoms with Crippen molar-refractivity contribution in [2.45, 2.75) is 13.0 Å². The van der Waals surface area contributed by atoms with Gasteiger partial charge < -0.3 is 5.32 Å². The Bertz CT molecular complexity index is 756. The molecule has 0 aliphatic carbocycles. The molecule has 0 fully saturated rings. The molecule has 1 heterocycles. The summed E-state index contributed by atoms with van der Waals surface area (Å²) in [4.78, 5) is 4.45. The van der Waals surface area contributed by atoms with Gasteiger partial charge >= 0.3 is 0 Å². The van der Waals surface area contributed by atoms with E-state index in [1.165, 1.54) is 23.5 Å². The maximum absolute atomic E-state index is 13.2. The Morgan fingerprint density at radius 3 is 2.90 bits per heavy atom. The van der Waals surface area contributed by atoms with E-state index in [1.807, 2.05) is 31.2 Å². The highest BCUT2D eigenvalue weighted by Crippen LogP contribution is 2.29. The molecule has 0 aliphatic heterocycles. The molecule has 0 bridgehead atoms. The van der Waals surface area contributed by atoms with Crippen LogP contribution in [0.15, 0.2) is 42.5 Å². The zero-order valence-electron chi connectivity index (χ0n) is 10.7. The third-order valence-electron chi connectivity index (χ3n) is 3.04. The van der Waals surface area contributed by atoms with Gasteiger partial charge in [0.1, 0.15) is 5.82 Å². The fourth-order valence-electron chi connectivity index (χ4n) is 2.00. The predicted octanol–water partition coefficient (Wildman–Crippen LogP) is 5.26. The molecule has 3 aromatic rings. The first-order valence-electron chi connectivity index (χ1n) is 6.20. The Labute approximate surface area is 125 Å². The molecule has 5 heteroatoms. The van der Waals surface area contributed by atoms with E-state index >= 15 is 0 Å². The Kier molecular flexibility index (Phi) is 3.59. The molecule has 0 amide bonds. The van der Waals surface area contributed by atoms with E-state index in [0.29, 0.717) is 5.02 Å². The second-order valence-corrected chi connectivity index (χ2v) is 6.02. The van der Waals surface area contributed by atoms with E-state index in [2.05, 4.69) is 10.3 Å². The number of benzene rings is 2. The van der Waals surface area contributed by atoms with Gasteiger partial charge in [0.2, 0.25) is 0 Å². The van der Waals surface area contributed by atoms with Crippen LogP contribution in [0.5, 0.6) is 0 Å². The summed E-state index contributed by atoms with van der Waals surface area (Å²) in [6.07, 6.45) is 0. The smallest absolute Gasteiger partial charge is 0.184 e. The second kappa shape index (κ2) is 5.38. The van der Waals surface area contributed by atoms with Crippen LogP contribution in [-0.4, -0.2) is 4.98 Å². The molecule has 102 valence electrons. The number of aromatic nitrogens is 1. The van der Waals surface area contributed by atoms with Crippen LogP contribution < -0.4 is 5.32 Å². The number of hydrogen-bond donors (Lipinski definition) is 1. The molecule has 20 heavy (non-hydrogen) atoms. The van der Waals surface area contributed by atoms with E-state index in [-0.39, 0.29) is 11.9 Å². The molecule has 1 atom stereocenters. The molecule has 1 N–H and O–H groups in total. The van der Waals surface area contributed by atoms with E-state index in [9.17, 15) is 4.39 Å². The Morgan fingerprint density at radius 1 is 1.25 bits per heavy atom. The molecule has 2 aromatic carbocycles. The highest BCUT2D eigenvalue weighted by atomic mass is 35.5. The van der Waals surface area contributed by atoms with E-state index in [0.717, 1.165) is 20.9 Å². The summed E-state index contributed by atoms with van der Waals surface area (Å²) in [7, 11) is 0. The number of nitrogens with zero attached hydrogens (tertiary/aromatic N) is 1. The quantitative estimate of drug-likeness (QED) is 0.713. The minimum atomic E-state index is -0.240. The minimum absolute atomic E-state index is 0.0825. The number of rotatable bonds is 3. The van der Waals surface area contributed by atoms with Crippen molar-refractivity contribution in [1.29, 1.82) is 0 Å². The molecule has 0 saturated carbocycles. The fourth-order valence-corrected chi connectivity index (χ4v) is 3.18. The molecular formula is C15H12ClFN2S. The number of thiazole rings is 1. The molecule has 1 aromatic heterocycles. The van der Waals surface area contributed by atoms with Gasteiger partial charge in [-0.2, -0.15) is 0 Å². The summed E-state index contributed by atoms with van der Waals surface area (Å²) in [6, 6.07) is 12.4. The number of fused-ring (bicyclic) bond motifs is 1. The van der Waals surface area contributed by atoms with Crippen LogP contribution in [0, 0.1) is 5.82 Å². The van der Waals surface area contributed by atoms with Crippen molar-refractivity contribution in [3.8, 4) is 0 Å². The first-order valence-corrected chi connectivity index (χ1v) is 7.39. The highest BCUT2D eigenvalue weighted by Gasteiger charge is 2.10. The van der Waals surface area contributed by atoms with Gasteiger partial charge in [-0.1, -0.05) is 35.1 Å². The van der Waals surface area contributed by atoms with E-state index < -0.39 is 0 Å². The van der Waals surface area contributed by atoms with Crippen molar-refractivity contribution < 1.29 is 4.39 Å². The summed E-state index contributed by atoms with van der Waals surface area (Å²) < 4.78 is 14.0. The van der Waals surface area contributed by atoms with Crippen LogP contribution >= 0.6 is 22.9 Å². The molecule has 0 spiro atoms. The monoisotopic (exact) mass is 306 g/mol. The lowest BCUT2D eigenvalue weighted by Crippen LogP contribution is -2.05. The van der Waals surface area contributed by atoms with Gasteiger partial charge in [-0.25, -0.2) is 9.37 Å². The minimum Gasteiger partial charge on any atom is -0.355 e. The first-order chi connectivity index (χ1) is 9.61. The third kappa shape index (κ3) is 2.76. The Morgan fingerprint density at radius 2 is 2.10 bits per heavy atom. The zero-order valence-corrected chi connectivity index (χ0v) is 12.3. The summed E-state index contributed by atoms with van der Waals surface area (Å²) in [6.45, 7) is 2.04. The average molecular weight is 307 g/mol. The Balaban J connectivity index is 1.85. The van der Waals surface area contributed by atoms with Crippen molar-refractivity contribution in [1.82, 2.24) is 4.98 Å². The Hall–Kier alpha value is -1.65. The van der Waals surface area contributed by atoms with Crippen LogP contribution in [0.25, 0.3) is 10.2 Å². The average Bonchev–Trinajstić information content (AvgIpc) is 2.80. The van der Waals surface area contributed by atoms with Gasteiger partial charge in [-0.15, -0.1) is 0 Å². The molecular weight excluding hydrogens is 295 g/mol. The largest absolute Gasteiger partial charge is 0.355 e. The lowest BCUT2D eigenvalue weighted by molar-refractivity contribution is 0.630. The zero-order chi connectivity index (χ0) is 14.1. The third-order valence-corrected chi connectivity index (χ3v) is 4.22. The maximum Gasteiger partial charge on any atom is 0.184 e. The van der Waals surface area contributed by atoms with Gasteiger partial charge in [-0.05, 0) is 42.8 Å². The van der Waals surface area contributed by atoms with Crippen LogP contribution in [0.4, 0.5) is 9.52 Å². The second-order valence-electron chi connectivity index (χ2n) is 4.55. The van der Waals surface area contributed by atoms with E-state index in [1.54, 1.807) is 6.07 Å². The molecule has 2 nitrogen and oxygen atoms in total. The van der Waals surface area contributed by atoms with Crippen molar-refractivity contribution in [3.63, 3.8) is 0 Å². The number of hydrogen-bond acceptors (Lipinski definition) is 3. The molecule has 0 saturated heterocycles. The van der Waals surface area contributed by atoms with Crippen molar-refractivity contribution >= 4 is 38.3 Å². The van der Waals surface area contributed by atoms with Gasteiger partial charge in [0.15, 0.2) is 5.13 Å². The molecule has 0 aliphatic rings. The maximum atomic E-state index is 13.2. The summed E-state index contributed by atoms with van der Waals surface area (Å²) in [5.41, 5.74) is 1.89. The van der Waals surface area contributed by atoms with Crippen LogP contribution in [0.1, 0.15) is 18.5 Å². The molecule has 1 unspecified atom stereocenters. The normalized spacial score (nSPS) is 12.6. The standard InChI is InChI=1S/C15H12ClFN2S/c1-9(10-3-2-4-11(16)7-10)18-15-19-13-6-5-12(17)8-14(13)20-15/h2-9H,1H3,(H,18,19). The van der Waals surface area contributed by atoms with Gasteiger partial charge in [0.05, 0.1) is 16.3 Å². The molecule has 0 radical (unpaired) electrons. The first kappa shape index (κ1) is 13.3. The summed E-state index contributed by atoms with van der Waals surface area (Å²) >= 11 is 7.43. The van der Waals surface area contributed by atoms with Crippen molar-refractivity contribution in [3.05, 3.63) is 58.9 Å². The van der Waals surface area contributed by atoms with Crippen LogP contribution in [0.3, 0.4) is 0 Å². The van der Waals surface area contributed by atoms with Crippen LogP contribution in [-0.2, 0) is 0 Å².